The summed E-state index contributed by atoms with van der Waals surface area (Å²) < 4.78 is 0. The molecule has 41 nitrogen and oxygen atoms in total. The van der Waals surface area contributed by atoms with Crippen molar-refractivity contribution < 1.29 is 96.8 Å². The van der Waals surface area contributed by atoms with E-state index in [0.717, 1.165) is 36.3 Å². The summed E-state index contributed by atoms with van der Waals surface area (Å²) in [5.41, 5.74) is 14.1. The third-order valence-corrected chi connectivity index (χ3v) is 24.5. The topological polar surface area (TPSA) is 600 Å². The number of aromatic nitrogens is 4. The van der Waals surface area contributed by atoms with Gasteiger partial charge in [0.25, 0.3) is 0 Å². The van der Waals surface area contributed by atoms with Crippen LogP contribution in [0.1, 0.15) is 135 Å². The van der Waals surface area contributed by atoms with Gasteiger partial charge in [0.2, 0.25) is 100 Å². The van der Waals surface area contributed by atoms with Gasteiger partial charge in [0.05, 0.1) is 37.8 Å². The summed E-state index contributed by atoms with van der Waals surface area (Å²) in [7, 11) is 3.93. The largest absolute Gasteiger partial charge is 0.508 e. The Bertz CT molecular complexity index is 5050. The normalized spacial score (nSPS) is 25.3. The summed E-state index contributed by atoms with van der Waals surface area (Å²) in [5.74, 6) is -17.2. The van der Waals surface area contributed by atoms with Crippen LogP contribution in [0.3, 0.4) is 0 Å². The van der Waals surface area contributed by atoms with Gasteiger partial charge >= 0.3 is 0 Å². The lowest BCUT2D eigenvalue weighted by molar-refractivity contribution is -0.149. The number of phenolic OH excluding ortho intramolecular Hbond substituents is 1. The van der Waals surface area contributed by atoms with Gasteiger partial charge < -0.3 is 119 Å². The molecule has 3 saturated heterocycles. The number of H-pyrrole nitrogens is 3. The maximum Gasteiger partial charge on any atom is 0.246 e. The highest BCUT2D eigenvalue weighted by molar-refractivity contribution is 8.00. The highest BCUT2D eigenvalue weighted by Gasteiger charge is 2.47. The van der Waals surface area contributed by atoms with E-state index >= 15 is 33.6 Å². The summed E-state index contributed by atoms with van der Waals surface area (Å²) in [6.07, 6.45) is 4.18. The Morgan fingerprint density at radius 3 is 1.68 bits per heavy atom. The maximum absolute atomic E-state index is 15.6. The summed E-state index contributed by atoms with van der Waals surface area (Å²) >= 11 is 0.783. The van der Waals surface area contributed by atoms with Crippen LogP contribution in [0, 0.1) is 5.92 Å². The van der Waals surface area contributed by atoms with Crippen molar-refractivity contribution in [1.29, 1.82) is 0 Å². The molecule has 6 heterocycles. The molecule has 17 amide bonds. The molecule has 704 valence electrons. The quantitative estimate of drug-likeness (QED) is 0.0344. The number of benzene rings is 3. The zero-order valence-electron chi connectivity index (χ0n) is 74.4. The second kappa shape index (κ2) is 47.4. The van der Waals surface area contributed by atoms with Gasteiger partial charge in [0, 0.05) is 118 Å². The van der Waals surface area contributed by atoms with Crippen LogP contribution in [0.25, 0.3) is 21.8 Å². The van der Waals surface area contributed by atoms with Crippen molar-refractivity contribution in [3.8, 4) is 5.75 Å². The van der Waals surface area contributed by atoms with E-state index in [1.807, 2.05) is 13.8 Å². The van der Waals surface area contributed by atoms with Gasteiger partial charge in [-0.25, -0.2) is 4.98 Å². The number of carbonyl (C=O) groups is 17. The van der Waals surface area contributed by atoms with Gasteiger partial charge in [-0.05, 0) is 92.8 Å². The molecule has 0 aliphatic carbocycles. The van der Waals surface area contributed by atoms with E-state index in [0.29, 0.717) is 69.9 Å². The van der Waals surface area contributed by atoms with Crippen molar-refractivity contribution in [2.24, 2.45) is 17.4 Å². The van der Waals surface area contributed by atoms with Crippen molar-refractivity contribution in [3.05, 3.63) is 120 Å². The second-order valence-electron chi connectivity index (χ2n) is 33.7. The Balaban J connectivity index is 1.08. The number of thioether (sulfide) groups is 1. The molecule has 1 unspecified atom stereocenters. The fraction of sp³-hybridized carbons (Fsp3) is 0.523. The van der Waals surface area contributed by atoms with Crippen LogP contribution < -0.4 is 64.6 Å². The number of nitrogens with zero attached hydrogens (tertiary/aromatic N) is 6. The maximum atomic E-state index is 15.6. The van der Waals surface area contributed by atoms with Crippen LogP contribution >= 0.6 is 11.8 Å². The molecule has 9 rings (SSSR count). The number of nitrogens with two attached hydrogens (primary N) is 2. The standard InChI is InChI=1S/C88H121N21O20S/c1-10-12-23-68-81(122)96-48(5)75(116)104-67(77(118)94-41-73(90)114)44-130-45-74(115)97-63(32-50-26-28-54(111)29-27-50)84(125)105(7)49(6)76(117)100-65(37-72(89)113)86(127)108-30-18-25-69(108)82(123)99-61(35-53-40-91-46-95-53)79(120)101-62(31-47(3)4)87(128)109-42-55(112)36-71(109)83(124)98-60(33-51-38-92-58-21-16-14-19-56(51)58)78(119)103-66(43-110)80(121)102-64(34-52-39-93-59-22-17-15-20-57(52)59)85(126)107(9)70(24-13-11-2)88(129)106(68)8/h14-17,19-22,26-29,38-40,46-49,55,60-71,92-93,110-112H,10-13,18,23-25,30-37,41-45H2,1-9H3,(H2,89,113)(H2,90,114)(H,91,95)(H,94,118)(H,96,122)(H,97,115)(H,98,124)(H,99,123)(H,100,117)(H,101,120)(H,102,121)(H,103,119)(H,104,116)/t48-,49-,55+,60-,61-,62-,63-,64-,65-,66-,67-,68-,69-,70-,71?/m0/s1. The minimum absolute atomic E-state index is 0.00987. The first-order chi connectivity index (χ1) is 61.9. The fourth-order valence-electron chi connectivity index (χ4n) is 16.1. The minimum Gasteiger partial charge on any atom is -0.508 e. The molecule has 130 heavy (non-hydrogen) atoms. The number of likely N-dealkylation sites (N-methyl/N-ethyl adjacent to an activating group) is 3. The van der Waals surface area contributed by atoms with Gasteiger partial charge in [-0.15, -0.1) is 11.8 Å². The predicted molar refractivity (Wildman–Crippen MR) is 476 cm³/mol. The molecule has 3 aliphatic rings. The van der Waals surface area contributed by atoms with Crippen molar-refractivity contribution in [2.45, 2.75) is 229 Å². The number of hydrogen-bond donors (Lipinski definition) is 18. The molecular formula is C88H121N21O20S. The van der Waals surface area contributed by atoms with Gasteiger partial charge in [0.15, 0.2) is 0 Å². The van der Waals surface area contributed by atoms with Crippen molar-refractivity contribution in [1.82, 2.24) is 97.6 Å². The van der Waals surface area contributed by atoms with Gasteiger partial charge in [-0.1, -0.05) is 102 Å². The molecule has 3 aromatic carbocycles. The minimum atomic E-state index is -1.87. The number of fused-ring (bicyclic) bond motifs is 4. The Labute approximate surface area is 755 Å². The average molecular weight is 1830 g/mol. The number of aliphatic hydroxyl groups is 2. The molecule has 3 fully saturated rings. The summed E-state index contributed by atoms with van der Waals surface area (Å²) in [5, 5.41) is 60.3. The molecule has 6 aromatic rings. The molecule has 42 heteroatoms. The van der Waals surface area contributed by atoms with Crippen LogP contribution in [-0.4, -0.2) is 310 Å². The van der Waals surface area contributed by atoms with E-state index in [-0.39, 0.29) is 82.4 Å². The molecule has 0 saturated carbocycles. The Morgan fingerprint density at radius 2 is 1.09 bits per heavy atom. The SMILES string of the molecule is CCCC[C@H]1C(=O)N(C)[C@@H](CCCC)C(=O)N[C@@H](C)C(=O)N[C@H](C(=O)NCC(N)=O)CSCC(=O)N[C@@H](Cc2ccc(O)cc2)C(=O)N(C)[C@@H](C)C(=O)N[C@@H](CC(N)=O)C(=O)N2CCC[C@H]2C(=O)N[C@@H](Cc2cnc[nH]2)C(=O)N[C@@H](CC(C)C)C(=O)N2C[C@H](O)CC2C(=O)N[C@@H](Cc2c[nH]c3ccccc23)C(=O)N[C@@H](CO)C(=O)N[C@@H](Cc2c[nH]c3ccccc23)C(=O)N1C. The lowest BCUT2D eigenvalue weighted by atomic mass is 10.00. The number of nitrogens with one attached hydrogen (secondary N) is 13. The number of para-hydroxylation sites is 2. The first-order valence-electron chi connectivity index (χ1n) is 43.6. The van der Waals surface area contributed by atoms with E-state index in [1.54, 1.807) is 74.8 Å². The molecule has 15 atom stereocenters. The third kappa shape index (κ3) is 27.1. The number of aliphatic hydroxyl groups excluding tert-OH is 2. The third-order valence-electron chi connectivity index (χ3n) is 23.5. The van der Waals surface area contributed by atoms with Crippen LogP contribution in [0.2, 0.25) is 0 Å². The molecule has 0 radical (unpaired) electrons. The van der Waals surface area contributed by atoms with Crippen LogP contribution in [-0.2, 0) is 107 Å². The molecule has 0 bridgehead atoms. The zero-order valence-corrected chi connectivity index (χ0v) is 75.2. The predicted octanol–water partition coefficient (Wildman–Crippen LogP) is -2.17. The van der Waals surface area contributed by atoms with Crippen LogP contribution in [0.4, 0.5) is 0 Å². The summed E-state index contributed by atoms with van der Waals surface area (Å²) in [4.78, 5) is 267. The lowest BCUT2D eigenvalue weighted by Crippen LogP contribution is -2.61. The monoisotopic (exact) mass is 1820 g/mol. The average Bonchev–Trinajstić information content (AvgIpc) is 1.63. The molecule has 3 aliphatic heterocycles. The smallest absolute Gasteiger partial charge is 0.246 e. The van der Waals surface area contributed by atoms with E-state index in [2.05, 4.69) is 73.1 Å². The van der Waals surface area contributed by atoms with E-state index in [1.165, 1.54) is 71.8 Å². The van der Waals surface area contributed by atoms with E-state index < -0.39 is 229 Å². The number of phenols is 1. The second-order valence-corrected chi connectivity index (χ2v) is 34.7. The number of rotatable bonds is 22. The Morgan fingerprint density at radius 1 is 0.554 bits per heavy atom. The number of amides is 17. The fourth-order valence-corrected chi connectivity index (χ4v) is 17.0. The highest BCUT2D eigenvalue weighted by atomic mass is 32.2. The molecule has 0 spiro atoms. The number of aromatic amines is 3. The lowest BCUT2D eigenvalue weighted by Gasteiger charge is -2.36. The summed E-state index contributed by atoms with van der Waals surface area (Å²) in [6.45, 7) is 7.42. The van der Waals surface area contributed by atoms with Crippen molar-refractivity contribution in [2.75, 3.05) is 58.9 Å². The number of carbonyl (C=O) groups excluding carboxylic acids is 17. The number of imidazole rings is 1. The van der Waals surface area contributed by atoms with Gasteiger partial charge in [0.1, 0.15) is 90.3 Å². The zero-order chi connectivity index (χ0) is 94.9. The summed E-state index contributed by atoms with van der Waals surface area (Å²) in [6, 6.07) is -1.75. The molecule has 20 N–H and O–H groups in total. The first-order valence-corrected chi connectivity index (χ1v) is 44.8. The molecular weight excluding hydrogens is 1700 g/mol. The Kier molecular flexibility index (Phi) is 36.7. The van der Waals surface area contributed by atoms with E-state index in [9.17, 15) is 63.3 Å². The van der Waals surface area contributed by atoms with Crippen LogP contribution in [0.5, 0.6) is 5.75 Å². The number of unbranched alkanes of at least 4 members (excludes halogenated alkanes) is 2. The number of aromatic hydroxyl groups is 1. The number of primary amides is 2. The molecule has 3 aromatic heterocycles. The van der Waals surface area contributed by atoms with Gasteiger partial charge in [-0.2, -0.15) is 0 Å². The van der Waals surface area contributed by atoms with Crippen molar-refractivity contribution >= 4 is 134 Å². The number of hydrogen-bond acceptors (Lipinski definition) is 22. The first kappa shape index (κ1) is 101. The van der Waals surface area contributed by atoms with Crippen molar-refractivity contribution in [3.63, 3.8) is 0 Å². The van der Waals surface area contributed by atoms with Gasteiger partial charge in [-0.3, -0.25) is 81.5 Å². The Hall–Kier alpha value is -13.0. The highest BCUT2D eigenvalue weighted by Crippen LogP contribution is 2.28. The van der Waals surface area contributed by atoms with E-state index in [4.69, 9.17) is 11.5 Å². The van der Waals surface area contributed by atoms with Crippen LogP contribution in [0.15, 0.2) is 97.7 Å².